The van der Waals surface area contributed by atoms with Crippen molar-refractivity contribution in [1.29, 1.82) is 0 Å². The lowest BCUT2D eigenvalue weighted by Gasteiger charge is -2.31. The summed E-state index contributed by atoms with van der Waals surface area (Å²) in [4.78, 5) is 4.63. The number of halogens is 1. The maximum atomic E-state index is 6.28. The van der Waals surface area contributed by atoms with Crippen molar-refractivity contribution in [2.24, 2.45) is 5.73 Å². The van der Waals surface area contributed by atoms with Gasteiger partial charge in [0, 0.05) is 6.04 Å². The van der Waals surface area contributed by atoms with Crippen LogP contribution in [0.4, 0.5) is 0 Å². The maximum absolute atomic E-state index is 6.28. The van der Waals surface area contributed by atoms with E-state index in [0.29, 0.717) is 6.04 Å². The van der Waals surface area contributed by atoms with Gasteiger partial charge in [-0.3, -0.25) is 0 Å². The molecule has 0 saturated heterocycles. The number of hydrogen-bond acceptors (Lipinski definition) is 2. The lowest BCUT2D eigenvalue weighted by atomic mass is 9.90. The van der Waals surface area contributed by atoms with Crippen LogP contribution in [0, 0.1) is 6.92 Å². The molecule has 3 nitrogen and oxygen atoms in total. The van der Waals surface area contributed by atoms with E-state index in [4.69, 9.17) is 5.73 Å². The smallest absolute Gasteiger partial charge is 0.107 e. The largest absolute Gasteiger partial charge is 0.326 e. The van der Waals surface area contributed by atoms with Crippen LogP contribution in [0.25, 0.3) is 11.0 Å². The van der Waals surface area contributed by atoms with Crippen LogP contribution in [-0.4, -0.2) is 15.6 Å². The van der Waals surface area contributed by atoms with Gasteiger partial charge in [0.05, 0.1) is 17.1 Å². The highest BCUT2D eigenvalue weighted by Crippen LogP contribution is 2.31. The summed E-state index contributed by atoms with van der Waals surface area (Å²) in [7, 11) is 0. The third-order valence-corrected chi connectivity index (χ3v) is 3.89. The molecule has 98 valence electrons. The molecule has 2 aromatic rings. The normalized spacial score (nSPS) is 23.9. The third-order valence-electron chi connectivity index (χ3n) is 3.89. The molecule has 2 N–H and O–H groups in total. The number of nitrogens with two attached hydrogens (primary N) is 1. The van der Waals surface area contributed by atoms with Crippen molar-refractivity contribution in [2.75, 3.05) is 0 Å². The molecule has 18 heavy (non-hydrogen) atoms. The van der Waals surface area contributed by atoms with Gasteiger partial charge in [0.2, 0.25) is 0 Å². The van der Waals surface area contributed by atoms with Crippen molar-refractivity contribution in [3.05, 3.63) is 30.1 Å². The number of nitrogens with zero attached hydrogens (tertiary/aromatic N) is 2. The van der Waals surface area contributed by atoms with Crippen LogP contribution >= 0.6 is 12.4 Å². The van der Waals surface area contributed by atoms with E-state index in [2.05, 4.69) is 34.7 Å². The molecule has 0 amide bonds. The van der Waals surface area contributed by atoms with Gasteiger partial charge in [0.15, 0.2) is 0 Å². The number of aromatic nitrogens is 2. The molecule has 1 heterocycles. The Morgan fingerprint density at radius 2 is 1.94 bits per heavy atom. The molecule has 1 aromatic carbocycles. The third kappa shape index (κ3) is 2.13. The van der Waals surface area contributed by atoms with Gasteiger partial charge < -0.3 is 10.3 Å². The van der Waals surface area contributed by atoms with Gasteiger partial charge in [-0.1, -0.05) is 25.0 Å². The number of para-hydroxylation sites is 2. The van der Waals surface area contributed by atoms with Crippen LogP contribution in [0.1, 0.15) is 37.5 Å². The Labute approximate surface area is 114 Å². The molecule has 2 atom stereocenters. The average Bonchev–Trinajstić information content (AvgIpc) is 2.66. The predicted octanol–water partition coefficient (Wildman–Crippen LogP) is 3.21. The molecule has 3 rings (SSSR count). The topological polar surface area (TPSA) is 43.8 Å². The maximum Gasteiger partial charge on any atom is 0.107 e. The van der Waals surface area contributed by atoms with Crippen molar-refractivity contribution in [3.8, 4) is 0 Å². The minimum Gasteiger partial charge on any atom is -0.326 e. The number of fused-ring (bicyclic) bond motifs is 1. The molecule has 1 aliphatic rings. The summed E-state index contributed by atoms with van der Waals surface area (Å²) in [5.74, 6) is 1.09. The number of rotatable bonds is 1. The first-order valence-corrected chi connectivity index (χ1v) is 6.46. The van der Waals surface area contributed by atoms with Gasteiger partial charge in [-0.25, -0.2) is 4.98 Å². The van der Waals surface area contributed by atoms with E-state index in [0.717, 1.165) is 17.8 Å². The summed E-state index contributed by atoms with van der Waals surface area (Å²) < 4.78 is 2.35. The zero-order valence-electron chi connectivity index (χ0n) is 10.7. The van der Waals surface area contributed by atoms with Gasteiger partial charge in [0.25, 0.3) is 0 Å². The highest BCUT2D eigenvalue weighted by Gasteiger charge is 2.25. The van der Waals surface area contributed by atoms with E-state index in [9.17, 15) is 0 Å². The Balaban J connectivity index is 0.00000120. The fourth-order valence-electron chi connectivity index (χ4n) is 3.04. The molecular weight excluding hydrogens is 246 g/mol. The zero-order valence-corrected chi connectivity index (χ0v) is 11.5. The van der Waals surface area contributed by atoms with Crippen LogP contribution in [-0.2, 0) is 0 Å². The SMILES string of the molecule is Cc1nc2ccccc2n1[C@@H]1CCCC[C@H]1N.Cl. The first kappa shape index (κ1) is 13.4. The van der Waals surface area contributed by atoms with Crippen molar-refractivity contribution in [2.45, 2.75) is 44.7 Å². The number of hydrogen-bond donors (Lipinski definition) is 1. The molecular formula is C14H20ClN3. The van der Waals surface area contributed by atoms with Crippen molar-refractivity contribution >= 4 is 23.4 Å². The van der Waals surface area contributed by atoms with Crippen LogP contribution in [0.15, 0.2) is 24.3 Å². The van der Waals surface area contributed by atoms with E-state index in [1.165, 1.54) is 24.8 Å². The quantitative estimate of drug-likeness (QED) is 0.860. The first-order valence-electron chi connectivity index (χ1n) is 6.46. The Morgan fingerprint density at radius 1 is 1.22 bits per heavy atom. The summed E-state index contributed by atoms with van der Waals surface area (Å²) in [5, 5.41) is 0. The molecule has 1 fully saturated rings. The highest BCUT2D eigenvalue weighted by molar-refractivity contribution is 5.85. The van der Waals surface area contributed by atoms with Gasteiger partial charge in [-0.05, 0) is 31.9 Å². The van der Waals surface area contributed by atoms with Crippen LogP contribution < -0.4 is 5.73 Å². The molecule has 0 spiro atoms. The molecule has 0 aliphatic heterocycles. The Morgan fingerprint density at radius 3 is 2.72 bits per heavy atom. The molecule has 0 bridgehead atoms. The summed E-state index contributed by atoms with van der Waals surface area (Å²) in [6.07, 6.45) is 4.87. The summed E-state index contributed by atoms with van der Waals surface area (Å²) in [5.41, 5.74) is 8.60. The molecule has 4 heteroatoms. The molecule has 0 unspecified atom stereocenters. The molecule has 1 saturated carbocycles. The van der Waals surface area contributed by atoms with Crippen LogP contribution in [0.5, 0.6) is 0 Å². The standard InChI is InChI=1S/C14H19N3.ClH/c1-10-16-12-7-3-5-9-14(12)17(10)13-8-4-2-6-11(13)15;/h3,5,7,9,11,13H,2,4,6,8,15H2,1H3;1H/t11-,13-;/m1./s1. The van der Waals surface area contributed by atoms with E-state index in [-0.39, 0.29) is 18.4 Å². The highest BCUT2D eigenvalue weighted by atomic mass is 35.5. The Hall–Kier alpha value is -1.06. The summed E-state index contributed by atoms with van der Waals surface area (Å²) in [6, 6.07) is 9.05. The minimum absolute atomic E-state index is 0. The van der Waals surface area contributed by atoms with Crippen LogP contribution in [0.2, 0.25) is 0 Å². The van der Waals surface area contributed by atoms with Gasteiger partial charge in [-0.15, -0.1) is 12.4 Å². The molecule has 0 radical (unpaired) electrons. The lowest BCUT2D eigenvalue weighted by Crippen LogP contribution is -2.35. The summed E-state index contributed by atoms with van der Waals surface area (Å²) in [6.45, 7) is 2.08. The second-order valence-electron chi connectivity index (χ2n) is 5.03. The van der Waals surface area contributed by atoms with E-state index in [1.807, 2.05) is 6.07 Å². The summed E-state index contributed by atoms with van der Waals surface area (Å²) >= 11 is 0. The van der Waals surface area contributed by atoms with E-state index < -0.39 is 0 Å². The van der Waals surface area contributed by atoms with Crippen molar-refractivity contribution in [1.82, 2.24) is 9.55 Å². The minimum atomic E-state index is 0. The van der Waals surface area contributed by atoms with Crippen LogP contribution in [0.3, 0.4) is 0 Å². The van der Waals surface area contributed by atoms with Gasteiger partial charge in [-0.2, -0.15) is 0 Å². The monoisotopic (exact) mass is 265 g/mol. The predicted molar refractivity (Wildman–Crippen MR) is 77.2 cm³/mol. The fraction of sp³-hybridized carbons (Fsp3) is 0.500. The number of imidazole rings is 1. The lowest BCUT2D eigenvalue weighted by molar-refractivity contribution is 0.308. The molecule has 1 aromatic heterocycles. The zero-order chi connectivity index (χ0) is 11.8. The number of aryl methyl sites for hydroxylation is 1. The van der Waals surface area contributed by atoms with Crippen molar-refractivity contribution in [3.63, 3.8) is 0 Å². The van der Waals surface area contributed by atoms with E-state index >= 15 is 0 Å². The fourth-order valence-corrected chi connectivity index (χ4v) is 3.04. The molecule has 1 aliphatic carbocycles. The number of benzene rings is 1. The second kappa shape index (κ2) is 5.29. The Kier molecular flexibility index (Phi) is 3.93. The Bertz CT molecular complexity index is 535. The van der Waals surface area contributed by atoms with Crippen molar-refractivity contribution < 1.29 is 0 Å². The average molecular weight is 266 g/mol. The second-order valence-corrected chi connectivity index (χ2v) is 5.03. The van der Waals surface area contributed by atoms with Gasteiger partial charge >= 0.3 is 0 Å². The van der Waals surface area contributed by atoms with Gasteiger partial charge in [0.1, 0.15) is 5.82 Å². The van der Waals surface area contributed by atoms with E-state index in [1.54, 1.807) is 0 Å². The first-order chi connectivity index (χ1) is 8.27.